The molecule has 1 rings (SSSR count). The van der Waals surface area contributed by atoms with Crippen LogP contribution in [0.1, 0.15) is 26.7 Å². The Balaban J connectivity index is 2.13. The molecule has 0 aliphatic carbocycles. The maximum Gasteiger partial charge on any atom is 0.234 e. The van der Waals surface area contributed by atoms with E-state index < -0.39 is 0 Å². The highest BCUT2D eigenvalue weighted by Gasteiger charge is 2.14. The van der Waals surface area contributed by atoms with Crippen LogP contribution in [0, 0.1) is 5.92 Å². The Hall–Kier alpha value is -0.610. The van der Waals surface area contributed by atoms with Crippen LogP contribution in [-0.4, -0.2) is 50.1 Å². The first-order chi connectivity index (χ1) is 7.76. The molecule has 1 saturated heterocycles. The highest BCUT2D eigenvalue weighted by molar-refractivity contribution is 5.77. The molecule has 1 fully saturated rings. The van der Waals surface area contributed by atoms with Crippen molar-refractivity contribution in [3.63, 3.8) is 0 Å². The molecule has 0 atom stereocenters. The van der Waals surface area contributed by atoms with E-state index >= 15 is 0 Å². The van der Waals surface area contributed by atoms with Crippen LogP contribution in [0.2, 0.25) is 0 Å². The van der Waals surface area contributed by atoms with Gasteiger partial charge in [0.25, 0.3) is 0 Å². The lowest BCUT2D eigenvalue weighted by atomic mass is 9.98. The molecular weight excluding hydrogens is 202 g/mol. The summed E-state index contributed by atoms with van der Waals surface area (Å²) in [4.78, 5) is 13.8. The van der Waals surface area contributed by atoms with Gasteiger partial charge in [-0.3, -0.25) is 9.69 Å². The van der Waals surface area contributed by atoms with Crippen molar-refractivity contribution in [3.05, 3.63) is 0 Å². The lowest BCUT2D eigenvalue weighted by Crippen LogP contribution is -2.41. The van der Waals surface area contributed by atoms with Gasteiger partial charge in [0.05, 0.1) is 6.54 Å². The molecule has 0 spiro atoms. The number of piperidine rings is 1. The highest BCUT2D eigenvalue weighted by atomic mass is 16.2. The van der Waals surface area contributed by atoms with Gasteiger partial charge >= 0.3 is 0 Å². The first kappa shape index (κ1) is 13.5. The zero-order chi connectivity index (χ0) is 11.8. The second-order valence-electron chi connectivity index (χ2n) is 4.46. The SMILES string of the molecule is CCN(CC)CC(=O)NCC1CCNCC1. The van der Waals surface area contributed by atoms with E-state index in [-0.39, 0.29) is 5.91 Å². The third-order valence-corrected chi connectivity index (χ3v) is 3.31. The Labute approximate surface area is 98.8 Å². The molecule has 16 heavy (non-hydrogen) atoms. The molecule has 94 valence electrons. The first-order valence-electron chi connectivity index (χ1n) is 6.46. The number of nitrogens with zero attached hydrogens (tertiary/aromatic N) is 1. The summed E-state index contributed by atoms with van der Waals surface area (Å²) in [5.41, 5.74) is 0. The fourth-order valence-electron chi connectivity index (χ4n) is 2.05. The van der Waals surface area contributed by atoms with Gasteiger partial charge in [0.1, 0.15) is 0 Å². The molecule has 0 radical (unpaired) electrons. The molecule has 0 saturated carbocycles. The highest BCUT2D eigenvalue weighted by Crippen LogP contribution is 2.09. The monoisotopic (exact) mass is 227 g/mol. The molecule has 4 heteroatoms. The van der Waals surface area contributed by atoms with Gasteiger partial charge in [-0.1, -0.05) is 13.8 Å². The second kappa shape index (κ2) is 7.63. The van der Waals surface area contributed by atoms with E-state index in [0.29, 0.717) is 12.5 Å². The van der Waals surface area contributed by atoms with Gasteiger partial charge in [0.2, 0.25) is 5.91 Å². The van der Waals surface area contributed by atoms with E-state index in [1.165, 1.54) is 12.8 Å². The van der Waals surface area contributed by atoms with Crippen LogP contribution in [0.5, 0.6) is 0 Å². The van der Waals surface area contributed by atoms with Gasteiger partial charge in [0.15, 0.2) is 0 Å². The lowest BCUT2D eigenvalue weighted by Gasteiger charge is -2.23. The van der Waals surface area contributed by atoms with E-state index in [4.69, 9.17) is 0 Å². The molecule has 1 heterocycles. The van der Waals surface area contributed by atoms with Crippen LogP contribution in [0.15, 0.2) is 0 Å². The van der Waals surface area contributed by atoms with Crippen LogP contribution < -0.4 is 10.6 Å². The summed E-state index contributed by atoms with van der Waals surface area (Å²) in [5.74, 6) is 0.837. The van der Waals surface area contributed by atoms with Gasteiger partial charge in [-0.05, 0) is 44.9 Å². The molecule has 0 unspecified atom stereocenters. The zero-order valence-electron chi connectivity index (χ0n) is 10.6. The molecule has 0 aromatic rings. The van der Waals surface area contributed by atoms with E-state index in [1.807, 2.05) is 0 Å². The summed E-state index contributed by atoms with van der Waals surface area (Å²) in [6, 6.07) is 0. The fourth-order valence-corrected chi connectivity index (χ4v) is 2.05. The lowest BCUT2D eigenvalue weighted by molar-refractivity contribution is -0.122. The summed E-state index contributed by atoms with van der Waals surface area (Å²) >= 11 is 0. The van der Waals surface area contributed by atoms with E-state index in [9.17, 15) is 4.79 Å². The predicted octanol–water partition coefficient (Wildman–Crippen LogP) is 0.444. The van der Waals surface area contributed by atoms with Crippen molar-refractivity contribution >= 4 is 5.91 Å². The number of carbonyl (C=O) groups is 1. The van der Waals surface area contributed by atoms with Gasteiger partial charge in [-0.15, -0.1) is 0 Å². The number of nitrogens with one attached hydrogen (secondary N) is 2. The summed E-state index contributed by atoms with van der Waals surface area (Å²) in [7, 11) is 0. The number of hydrogen-bond donors (Lipinski definition) is 2. The van der Waals surface area contributed by atoms with Crippen LogP contribution in [0.4, 0.5) is 0 Å². The molecule has 2 N–H and O–H groups in total. The first-order valence-corrected chi connectivity index (χ1v) is 6.46. The second-order valence-corrected chi connectivity index (χ2v) is 4.46. The number of likely N-dealkylation sites (N-methyl/N-ethyl adjacent to an activating group) is 1. The number of carbonyl (C=O) groups excluding carboxylic acids is 1. The Morgan fingerprint density at radius 3 is 2.50 bits per heavy atom. The van der Waals surface area contributed by atoms with Crippen molar-refractivity contribution < 1.29 is 4.79 Å². The van der Waals surface area contributed by atoms with Crippen LogP contribution in [0.3, 0.4) is 0 Å². The normalized spacial score (nSPS) is 17.7. The van der Waals surface area contributed by atoms with Gasteiger partial charge in [-0.2, -0.15) is 0 Å². The topological polar surface area (TPSA) is 44.4 Å². The average molecular weight is 227 g/mol. The van der Waals surface area contributed by atoms with E-state index in [0.717, 1.165) is 32.7 Å². The molecule has 4 nitrogen and oxygen atoms in total. The van der Waals surface area contributed by atoms with Crippen molar-refractivity contribution in [1.82, 2.24) is 15.5 Å². The molecule has 1 aliphatic rings. The zero-order valence-corrected chi connectivity index (χ0v) is 10.6. The minimum atomic E-state index is 0.169. The van der Waals surface area contributed by atoms with Crippen LogP contribution in [-0.2, 0) is 4.79 Å². The number of rotatable bonds is 6. The third-order valence-electron chi connectivity index (χ3n) is 3.31. The Bertz CT molecular complexity index is 198. The Kier molecular flexibility index (Phi) is 6.42. The summed E-state index contributed by atoms with van der Waals surface area (Å²) in [5, 5.41) is 6.37. The van der Waals surface area contributed by atoms with Gasteiger partial charge in [0, 0.05) is 6.54 Å². The minimum Gasteiger partial charge on any atom is -0.355 e. The maximum absolute atomic E-state index is 11.6. The van der Waals surface area contributed by atoms with Crippen LogP contribution in [0.25, 0.3) is 0 Å². The third kappa shape index (κ3) is 4.94. The summed E-state index contributed by atoms with van der Waals surface area (Å²) in [6.45, 7) is 9.63. The quantitative estimate of drug-likeness (QED) is 0.692. The molecule has 0 bridgehead atoms. The number of hydrogen-bond acceptors (Lipinski definition) is 3. The maximum atomic E-state index is 11.6. The molecule has 0 aromatic heterocycles. The summed E-state index contributed by atoms with van der Waals surface area (Å²) < 4.78 is 0. The predicted molar refractivity (Wildman–Crippen MR) is 66.4 cm³/mol. The van der Waals surface area contributed by atoms with E-state index in [2.05, 4.69) is 29.4 Å². The number of amides is 1. The average Bonchev–Trinajstić information content (AvgIpc) is 2.34. The van der Waals surface area contributed by atoms with Crippen molar-refractivity contribution in [2.45, 2.75) is 26.7 Å². The molecule has 0 aromatic carbocycles. The Morgan fingerprint density at radius 2 is 1.94 bits per heavy atom. The molecule has 1 amide bonds. The standard InChI is InChI=1S/C12H25N3O/c1-3-15(4-2)10-12(16)14-9-11-5-7-13-8-6-11/h11,13H,3-10H2,1-2H3,(H,14,16). The van der Waals surface area contributed by atoms with Gasteiger partial charge < -0.3 is 10.6 Å². The fraction of sp³-hybridized carbons (Fsp3) is 0.917. The van der Waals surface area contributed by atoms with E-state index in [1.54, 1.807) is 0 Å². The largest absolute Gasteiger partial charge is 0.355 e. The van der Waals surface area contributed by atoms with Crippen molar-refractivity contribution in [2.24, 2.45) is 5.92 Å². The molecule has 1 aliphatic heterocycles. The van der Waals surface area contributed by atoms with Gasteiger partial charge in [-0.25, -0.2) is 0 Å². The minimum absolute atomic E-state index is 0.169. The van der Waals surface area contributed by atoms with Crippen LogP contribution >= 0.6 is 0 Å². The van der Waals surface area contributed by atoms with Crippen molar-refractivity contribution in [1.29, 1.82) is 0 Å². The summed E-state index contributed by atoms with van der Waals surface area (Å²) in [6.07, 6.45) is 2.37. The Morgan fingerprint density at radius 1 is 1.31 bits per heavy atom. The van der Waals surface area contributed by atoms with Crippen molar-refractivity contribution in [3.8, 4) is 0 Å². The molecular formula is C12H25N3O. The smallest absolute Gasteiger partial charge is 0.234 e. The van der Waals surface area contributed by atoms with Crippen molar-refractivity contribution in [2.75, 3.05) is 39.3 Å².